The van der Waals surface area contributed by atoms with Gasteiger partial charge in [0.15, 0.2) is 12.9 Å². The van der Waals surface area contributed by atoms with E-state index < -0.39 is 0 Å². The van der Waals surface area contributed by atoms with Crippen LogP contribution in [0.1, 0.15) is 12.7 Å². The first-order chi connectivity index (χ1) is 7.15. The molecular weight excluding hydrogens is 194 g/mol. The Labute approximate surface area is 88.9 Å². The smallest absolute Gasteiger partial charge is 0.305 e. The molecule has 82 valence electrons. The van der Waals surface area contributed by atoms with Crippen molar-refractivity contribution in [3.05, 3.63) is 30.4 Å². The van der Waals surface area contributed by atoms with Gasteiger partial charge in [0.25, 0.3) is 0 Å². The number of aromatic nitrogens is 2. The summed E-state index contributed by atoms with van der Waals surface area (Å²) in [6.07, 6.45) is 5.08. The number of imidazole rings is 1. The van der Waals surface area contributed by atoms with Crippen LogP contribution in [0.25, 0.3) is 0 Å². The highest BCUT2D eigenvalue weighted by Gasteiger charge is 2.11. The fourth-order valence-corrected chi connectivity index (χ4v) is 1.18. The summed E-state index contributed by atoms with van der Waals surface area (Å²) >= 11 is 0. The molecule has 0 saturated carbocycles. The Morgan fingerprint density at radius 1 is 1.80 bits per heavy atom. The van der Waals surface area contributed by atoms with E-state index in [1.54, 1.807) is 0 Å². The van der Waals surface area contributed by atoms with E-state index in [1.165, 1.54) is 6.21 Å². The van der Waals surface area contributed by atoms with E-state index in [0.717, 1.165) is 11.4 Å². The van der Waals surface area contributed by atoms with E-state index in [4.69, 9.17) is 9.94 Å². The second-order valence-electron chi connectivity index (χ2n) is 3.42. The van der Waals surface area contributed by atoms with E-state index in [-0.39, 0.29) is 0 Å². The summed E-state index contributed by atoms with van der Waals surface area (Å²) in [5.41, 5.74) is 0.976. The molecule has 1 rings (SSSR count). The van der Waals surface area contributed by atoms with E-state index >= 15 is 0 Å². The fraction of sp³-hybridized carbons (Fsp3) is 0.400. The molecule has 0 aromatic carbocycles. The van der Waals surface area contributed by atoms with Crippen molar-refractivity contribution in [2.75, 3.05) is 6.61 Å². The zero-order valence-electron chi connectivity index (χ0n) is 9.05. The van der Waals surface area contributed by atoms with Crippen LogP contribution >= 0.6 is 0 Å². The van der Waals surface area contributed by atoms with Gasteiger partial charge < -0.3 is 9.94 Å². The van der Waals surface area contributed by atoms with Crippen LogP contribution in [-0.2, 0) is 18.5 Å². The molecule has 0 spiro atoms. The Bertz CT molecular complexity index is 369. The third-order valence-corrected chi connectivity index (χ3v) is 1.88. The Kier molecular flexibility index (Phi) is 4.05. The van der Waals surface area contributed by atoms with Crippen molar-refractivity contribution in [3.8, 4) is 0 Å². The average Bonchev–Trinajstić information content (AvgIpc) is 2.50. The molecule has 15 heavy (non-hydrogen) atoms. The Balaban J connectivity index is 2.64. The first-order valence-corrected chi connectivity index (χ1v) is 4.59. The van der Waals surface area contributed by atoms with Crippen molar-refractivity contribution in [2.24, 2.45) is 12.2 Å². The summed E-state index contributed by atoms with van der Waals surface area (Å²) in [7, 11) is 1.87. The van der Waals surface area contributed by atoms with Crippen LogP contribution in [0.2, 0.25) is 0 Å². The van der Waals surface area contributed by atoms with Gasteiger partial charge in [0.05, 0.1) is 13.7 Å². The van der Waals surface area contributed by atoms with Gasteiger partial charge in [-0.2, -0.15) is 0 Å². The highest BCUT2D eigenvalue weighted by atomic mass is 16.5. The van der Waals surface area contributed by atoms with Crippen LogP contribution < -0.4 is 4.57 Å². The quantitative estimate of drug-likeness (QED) is 0.255. The lowest BCUT2D eigenvalue weighted by molar-refractivity contribution is -0.672. The van der Waals surface area contributed by atoms with Gasteiger partial charge in [0.2, 0.25) is 0 Å². The monoisotopic (exact) mass is 210 g/mol. The molecule has 0 aliphatic heterocycles. The highest BCUT2D eigenvalue weighted by molar-refractivity contribution is 5.72. The summed E-state index contributed by atoms with van der Waals surface area (Å²) in [5, 5.41) is 11.5. The van der Waals surface area contributed by atoms with E-state index in [0.29, 0.717) is 13.3 Å². The minimum Gasteiger partial charge on any atom is -0.411 e. The molecule has 1 aromatic heterocycles. The molecule has 1 heterocycles. The molecule has 5 nitrogen and oxygen atoms in total. The third-order valence-electron chi connectivity index (χ3n) is 1.88. The van der Waals surface area contributed by atoms with Crippen molar-refractivity contribution < 1.29 is 14.5 Å². The number of hydrogen-bond donors (Lipinski definition) is 1. The number of aryl methyl sites for hydroxylation is 1. The highest BCUT2D eigenvalue weighted by Crippen LogP contribution is 1.95. The maximum Gasteiger partial charge on any atom is 0.305 e. The Hall–Kier alpha value is -1.62. The molecule has 0 aliphatic rings. The number of ether oxygens (including phenoxy) is 1. The van der Waals surface area contributed by atoms with Gasteiger partial charge in [-0.05, 0) is 6.92 Å². The molecule has 0 fully saturated rings. The summed E-state index contributed by atoms with van der Waals surface area (Å²) in [6.45, 7) is 6.59. The molecule has 1 aromatic rings. The minimum atomic E-state index is 0.412. The second kappa shape index (κ2) is 5.31. The summed E-state index contributed by atoms with van der Waals surface area (Å²) in [5.74, 6) is 0.763. The number of oxime groups is 1. The number of nitrogens with zero attached hydrogens (tertiary/aromatic N) is 3. The molecule has 0 unspecified atom stereocenters. The van der Waals surface area contributed by atoms with E-state index in [1.807, 2.05) is 35.5 Å². The lowest BCUT2D eigenvalue weighted by Crippen LogP contribution is -2.32. The molecule has 0 amide bonds. The lowest BCUT2D eigenvalue weighted by Gasteiger charge is -2.01. The van der Waals surface area contributed by atoms with Gasteiger partial charge in [-0.1, -0.05) is 17.3 Å². The van der Waals surface area contributed by atoms with Crippen LogP contribution in [0, 0.1) is 0 Å². The van der Waals surface area contributed by atoms with Crippen LogP contribution in [0.5, 0.6) is 0 Å². The summed E-state index contributed by atoms with van der Waals surface area (Å²) < 4.78 is 9.06. The largest absolute Gasteiger partial charge is 0.411 e. The van der Waals surface area contributed by atoms with Gasteiger partial charge in [0.1, 0.15) is 12.4 Å². The normalized spacial score (nSPS) is 11.1. The topological polar surface area (TPSA) is 50.6 Å². The molecular formula is C10H16N3O2+. The van der Waals surface area contributed by atoms with Crippen LogP contribution in [0.4, 0.5) is 0 Å². The summed E-state index contributed by atoms with van der Waals surface area (Å²) in [6, 6.07) is 0. The Morgan fingerprint density at radius 2 is 2.53 bits per heavy atom. The van der Waals surface area contributed by atoms with E-state index in [2.05, 4.69) is 11.7 Å². The summed E-state index contributed by atoms with van der Waals surface area (Å²) in [4.78, 5) is 0. The zero-order valence-corrected chi connectivity index (χ0v) is 9.05. The van der Waals surface area contributed by atoms with Crippen molar-refractivity contribution in [1.82, 2.24) is 4.57 Å². The SMILES string of the molecule is C=C(C)COCn1cc[n+](C)c1/C=N/O. The van der Waals surface area contributed by atoms with Gasteiger partial charge >= 0.3 is 5.82 Å². The maximum atomic E-state index is 8.49. The van der Waals surface area contributed by atoms with Gasteiger partial charge in [-0.3, -0.25) is 0 Å². The first kappa shape index (κ1) is 11.5. The van der Waals surface area contributed by atoms with Crippen molar-refractivity contribution in [1.29, 1.82) is 0 Å². The molecule has 0 radical (unpaired) electrons. The van der Waals surface area contributed by atoms with Crippen LogP contribution in [-0.4, -0.2) is 22.6 Å². The molecule has 0 aliphatic carbocycles. The van der Waals surface area contributed by atoms with Crippen LogP contribution in [0.3, 0.4) is 0 Å². The number of hydrogen-bond acceptors (Lipinski definition) is 3. The lowest BCUT2D eigenvalue weighted by atomic mass is 10.4. The Morgan fingerprint density at radius 3 is 3.13 bits per heavy atom. The fourth-order valence-electron chi connectivity index (χ4n) is 1.18. The second-order valence-corrected chi connectivity index (χ2v) is 3.42. The molecule has 0 bridgehead atoms. The standard InChI is InChI=1S/C10H15N3O2/c1-9(2)7-15-8-13-5-4-12(3)10(13)6-11-14/h4-6H,1,7-8H2,2-3H3/p+1. The predicted octanol–water partition coefficient (Wildman–Crippen LogP) is 0.671. The maximum absolute atomic E-state index is 8.49. The van der Waals surface area contributed by atoms with E-state index in [9.17, 15) is 0 Å². The van der Waals surface area contributed by atoms with Crippen LogP contribution in [0.15, 0.2) is 29.7 Å². The first-order valence-electron chi connectivity index (χ1n) is 4.59. The minimum absolute atomic E-state index is 0.412. The predicted molar refractivity (Wildman–Crippen MR) is 55.8 cm³/mol. The van der Waals surface area contributed by atoms with Crippen molar-refractivity contribution in [2.45, 2.75) is 13.7 Å². The van der Waals surface area contributed by atoms with Gasteiger partial charge in [0, 0.05) is 0 Å². The third kappa shape index (κ3) is 3.21. The number of rotatable bonds is 5. The zero-order chi connectivity index (χ0) is 11.3. The van der Waals surface area contributed by atoms with Crippen molar-refractivity contribution >= 4 is 6.21 Å². The van der Waals surface area contributed by atoms with Crippen molar-refractivity contribution in [3.63, 3.8) is 0 Å². The molecule has 0 atom stereocenters. The van der Waals surface area contributed by atoms with Gasteiger partial charge in [-0.15, -0.1) is 0 Å². The van der Waals surface area contributed by atoms with Gasteiger partial charge in [-0.25, -0.2) is 9.13 Å². The molecule has 0 saturated heterocycles. The molecule has 1 N–H and O–H groups in total. The molecule has 5 heteroatoms. The average molecular weight is 210 g/mol.